The maximum absolute atomic E-state index is 14.5. The van der Waals surface area contributed by atoms with Crippen molar-refractivity contribution in [3.05, 3.63) is 51.7 Å². The normalized spacial score (nSPS) is 15.8. The lowest BCUT2D eigenvalue weighted by Crippen LogP contribution is -2.49. The molecule has 6 nitrogen and oxygen atoms in total. The van der Waals surface area contributed by atoms with Gasteiger partial charge in [0.15, 0.2) is 0 Å². The number of anilines is 1. The van der Waals surface area contributed by atoms with E-state index in [4.69, 9.17) is 16.6 Å². The fourth-order valence-electron chi connectivity index (χ4n) is 3.67. The van der Waals surface area contributed by atoms with Crippen LogP contribution >= 0.6 is 11.6 Å². The van der Waals surface area contributed by atoms with Gasteiger partial charge in [-0.05, 0) is 25.0 Å². The summed E-state index contributed by atoms with van der Waals surface area (Å²) < 4.78 is 39.7. The fourth-order valence-corrected chi connectivity index (χ4v) is 4.73. The van der Waals surface area contributed by atoms with Gasteiger partial charge >= 0.3 is 0 Å². The second-order valence-electron chi connectivity index (χ2n) is 8.15. The summed E-state index contributed by atoms with van der Waals surface area (Å²) in [5.74, 6) is 1.52. The second-order valence-corrected chi connectivity index (χ2v) is 10.5. The molecule has 2 aromatic rings. The highest BCUT2D eigenvalue weighted by molar-refractivity contribution is 7.88. The molecule has 1 aliphatic rings. The van der Waals surface area contributed by atoms with Crippen molar-refractivity contribution in [1.29, 1.82) is 0 Å². The minimum Gasteiger partial charge on any atom is -0.354 e. The Morgan fingerprint density at radius 1 is 1.13 bits per heavy atom. The molecule has 3 rings (SSSR count). The summed E-state index contributed by atoms with van der Waals surface area (Å²) in [7, 11) is -3.23. The molecular formula is C21H28ClFN4O2S. The Hall–Kier alpha value is -1.77. The van der Waals surface area contributed by atoms with E-state index in [0.29, 0.717) is 42.7 Å². The third-order valence-electron chi connectivity index (χ3n) is 5.25. The fraction of sp³-hybridized carbons (Fsp3) is 0.524. The predicted octanol–water partition coefficient (Wildman–Crippen LogP) is 3.45. The van der Waals surface area contributed by atoms with Gasteiger partial charge in [0.2, 0.25) is 10.0 Å². The Balaban J connectivity index is 2.00. The maximum atomic E-state index is 14.5. The van der Waals surface area contributed by atoms with Crippen molar-refractivity contribution >= 4 is 27.4 Å². The number of hydrogen-bond acceptors (Lipinski definition) is 5. The topological polar surface area (TPSA) is 66.4 Å². The van der Waals surface area contributed by atoms with Crippen LogP contribution in [0, 0.1) is 18.7 Å². The molecule has 30 heavy (non-hydrogen) atoms. The van der Waals surface area contributed by atoms with Crippen molar-refractivity contribution < 1.29 is 12.8 Å². The number of aryl methyl sites for hydroxylation is 1. The summed E-state index contributed by atoms with van der Waals surface area (Å²) in [6.45, 7) is 7.94. The van der Waals surface area contributed by atoms with Gasteiger partial charge in [-0.3, -0.25) is 0 Å². The zero-order chi connectivity index (χ0) is 22.1. The molecule has 1 aromatic carbocycles. The summed E-state index contributed by atoms with van der Waals surface area (Å²) in [6, 6.07) is 4.66. The predicted molar refractivity (Wildman–Crippen MR) is 118 cm³/mol. The first kappa shape index (κ1) is 22.9. The molecule has 2 heterocycles. The van der Waals surface area contributed by atoms with Gasteiger partial charge in [0, 0.05) is 60.9 Å². The van der Waals surface area contributed by atoms with Gasteiger partial charge < -0.3 is 4.90 Å². The summed E-state index contributed by atoms with van der Waals surface area (Å²) in [6.07, 6.45) is 2.24. The number of nitrogens with zero attached hydrogens (tertiary/aromatic N) is 4. The van der Waals surface area contributed by atoms with Crippen LogP contribution in [0.15, 0.2) is 18.2 Å². The van der Waals surface area contributed by atoms with Crippen molar-refractivity contribution in [2.45, 2.75) is 33.6 Å². The van der Waals surface area contributed by atoms with Crippen LogP contribution in [-0.4, -0.2) is 55.1 Å². The van der Waals surface area contributed by atoms with Crippen molar-refractivity contribution in [2.24, 2.45) is 5.92 Å². The Morgan fingerprint density at radius 2 is 1.80 bits per heavy atom. The van der Waals surface area contributed by atoms with Gasteiger partial charge in [-0.15, -0.1) is 0 Å². The highest BCUT2D eigenvalue weighted by Gasteiger charge is 2.27. The molecule has 1 fully saturated rings. The lowest BCUT2D eigenvalue weighted by Gasteiger charge is -2.35. The van der Waals surface area contributed by atoms with E-state index >= 15 is 0 Å². The molecule has 0 spiro atoms. The lowest BCUT2D eigenvalue weighted by molar-refractivity contribution is 0.386. The zero-order valence-corrected chi connectivity index (χ0v) is 19.4. The quantitative estimate of drug-likeness (QED) is 0.668. The molecule has 1 aromatic heterocycles. The van der Waals surface area contributed by atoms with E-state index in [-0.39, 0.29) is 12.2 Å². The molecule has 164 valence electrons. The van der Waals surface area contributed by atoms with Gasteiger partial charge in [0.05, 0.1) is 6.26 Å². The van der Waals surface area contributed by atoms with Gasteiger partial charge in [0.1, 0.15) is 17.5 Å². The minimum atomic E-state index is -3.23. The molecule has 0 radical (unpaired) electrons. The third-order valence-corrected chi connectivity index (χ3v) is 6.91. The monoisotopic (exact) mass is 454 g/mol. The molecule has 0 saturated carbocycles. The van der Waals surface area contributed by atoms with Gasteiger partial charge in [-0.1, -0.05) is 31.5 Å². The van der Waals surface area contributed by atoms with Crippen LogP contribution in [0.5, 0.6) is 0 Å². The first-order chi connectivity index (χ1) is 14.1. The zero-order valence-electron chi connectivity index (χ0n) is 17.8. The first-order valence-electron chi connectivity index (χ1n) is 10.1. The molecule has 0 bridgehead atoms. The second kappa shape index (κ2) is 9.16. The number of halogens is 2. The maximum Gasteiger partial charge on any atom is 0.211 e. The molecule has 9 heteroatoms. The number of hydrogen-bond donors (Lipinski definition) is 0. The molecule has 0 amide bonds. The average molecular weight is 455 g/mol. The summed E-state index contributed by atoms with van der Waals surface area (Å²) in [5, 5.41) is 0.369. The number of piperazine rings is 1. The van der Waals surface area contributed by atoms with E-state index in [2.05, 4.69) is 23.7 Å². The van der Waals surface area contributed by atoms with Crippen LogP contribution in [-0.2, 0) is 22.9 Å². The molecular weight excluding hydrogens is 427 g/mol. The molecule has 0 unspecified atom stereocenters. The summed E-state index contributed by atoms with van der Waals surface area (Å²) >= 11 is 6.27. The van der Waals surface area contributed by atoms with Crippen LogP contribution in [0.4, 0.5) is 10.2 Å². The number of aromatic nitrogens is 2. The molecule has 0 aliphatic carbocycles. The Bertz CT molecular complexity index is 1000. The molecule has 0 atom stereocenters. The van der Waals surface area contributed by atoms with Crippen molar-refractivity contribution in [3.63, 3.8) is 0 Å². The smallest absolute Gasteiger partial charge is 0.211 e. The van der Waals surface area contributed by atoms with Crippen molar-refractivity contribution in [3.8, 4) is 0 Å². The Kier molecular flexibility index (Phi) is 6.99. The van der Waals surface area contributed by atoms with Crippen molar-refractivity contribution in [2.75, 3.05) is 37.3 Å². The lowest BCUT2D eigenvalue weighted by atomic mass is 10.0. The van der Waals surface area contributed by atoms with E-state index in [1.54, 1.807) is 12.1 Å². The van der Waals surface area contributed by atoms with Gasteiger partial charge in [-0.2, -0.15) is 4.31 Å². The van der Waals surface area contributed by atoms with E-state index in [1.165, 1.54) is 16.6 Å². The number of benzene rings is 1. The minimum absolute atomic E-state index is 0.279. The summed E-state index contributed by atoms with van der Waals surface area (Å²) in [5.41, 5.74) is 2.03. The van der Waals surface area contributed by atoms with Gasteiger partial charge in [-0.25, -0.2) is 22.8 Å². The largest absolute Gasteiger partial charge is 0.354 e. The standard InChI is InChI=1S/C21H28ClFN4O2S/c1-14(2)12-20-24-15(3)16(13-17-18(22)6-5-7-19(17)23)21(25-20)26-8-10-27(11-9-26)30(4,28)29/h5-7,14H,8-13H2,1-4H3. The SMILES string of the molecule is Cc1nc(CC(C)C)nc(N2CCN(S(C)(=O)=O)CC2)c1Cc1c(F)cccc1Cl. The average Bonchev–Trinajstić information content (AvgIpc) is 2.65. The first-order valence-corrected chi connectivity index (χ1v) is 12.3. The van der Waals surface area contributed by atoms with Gasteiger partial charge in [0.25, 0.3) is 0 Å². The van der Waals surface area contributed by atoms with Crippen LogP contribution in [0.25, 0.3) is 0 Å². The summed E-state index contributed by atoms with van der Waals surface area (Å²) in [4.78, 5) is 11.6. The highest BCUT2D eigenvalue weighted by Crippen LogP contribution is 2.29. The number of rotatable bonds is 6. The Morgan fingerprint density at radius 3 is 2.37 bits per heavy atom. The van der Waals surface area contributed by atoms with E-state index in [0.717, 1.165) is 29.3 Å². The van der Waals surface area contributed by atoms with Crippen LogP contribution in [0.3, 0.4) is 0 Å². The van der Waals surface area contributed by atoms with E-state index in [1.807, 2.05) is 6.92 Å². The van der Waals surface area contributed by atoms with Crippen LogP contribution in [0.1, 0.15) is 36.5 Å². The van der Waals surface area contributed by atoms with E-state index < -0.39 is 10.0 Å². The molecule has 1 saturated heterocycles. The number of sulfonamides is 1. The third kappa shape index (κ3) is 5.28. The Labute approximate surface area is 183 Å². The van der Waals surface area contributed by atoms with Crippen LogP contribution < -0.4 is 4.90 Å². The molecule has 0 N–H and O–H groups in total. The van der Waals surface area contributed by atoms with E-state index in [9.17, 15) is 12.8 Å². The molecule has 1 aliphatic heterocycles. The highest BCUT2D eigenvalue weighted by atomic mass is 35.5. The van der Waals surface area contributed by atoms with Crippen molar-refractivity contribution in [1.82, 2.24) is 14.3 Å². The van der Waals surface area contributed by atoms with Crippen LogP contribution in [0.2, 0.25) is 5.02 Å².